The predicted molar refractivity (Wildman–Crippen MR) is 62.6 cm³/mol. The van der Waals surface area contributed by atoms with E-state index in [1.165, 1.54) is 0 Å². The van der Waals surface area contributed by atoms with E-state index in [0.29, 0.717) is 11.5 Å². The summed E-state index contributed by atoms with van der Waals surface area (Å²) >= 11 is 0. The molecule has 16 heavy (non-hydrogen) atoms. The highest BCUT2D eigenvalue weighted by Crippen LogP contribution is 2.29. The van der Waals surface area contributed by atoms with Gasteiger partial charge in [-0.2, -0.15) is 5.10 Å². The second-order valence-electron chi connectivity index (χ2n) is 4.15. The SMILES string of the molecule is CC(C)c1nn(C)c(N(C)CC(=O)O)c1N. The van der Waals surface area contributed by atoms with E-state index in [2.05, 4.69) is 5.10 Å². The van der Waals surface area contributed by atoms with E-state index < -0.39 is 5.97 Å². The molecule has 0 aliphatic carbocycles. The van der Waals surface area contributed by atoms with Crippen molar-refractivity contribution in [1.29, 1.82) is 0 Å². The van der Waals surface area contributed by atoms with Gasteiger partial charge >= 0.3 is 5.97 Å². The molecule has 0 aliphatic heterocycles. The molecular formula is C10H18N4O2. The van der Waals surface area contributed by atoms with E-state index in [9.17, 15) is 4.79 Å². The third kappa shape index (κ3) is 2.26. The van der Waals surface area contributed by atoms with Crippen molar-refractivity contribution >= 4 is 17.5 Å². The molecule has 0 saturated heterocycles. The number of hydrogen-bond acceptors (Lipinski definition) is 4. The smallest absolute Gasteiger partial charge is 0.323 e. The summed E-state index contributed by atoms with van der Waals surface area (Å²) in [5.41, 5.74) is 7.32. The normalized spacial score (nSPS) is 10.8. The third-order valence-corrected chi connectivity index (χ3v) is 2.36. The zero-order valence-corrected chi connectivity index (χ0v) is 10.1. The van der Waals surface area contributed by atoms with Crippen molar-refractivity contribution in [1.82, 2.24) is 9.78 Å². The summed E-state index contributed by atoms with van der Waals surface area (Å²) in [5.74, 6) is -0.0292. The number of aryl methyl sites for hydroxylation is 1. The number of aromatic nitrogens is 2. The minimum Gasteiger partial charge on any atom is -0.480 e. The molecule has 1 aromatic heterocycles. The predicted octanol–water partition coefficient (Wildman–Crippen LogP) is 0.647. The molecule has 1 heterocycles. The number of carboxylic acid groups (broad SMARTS) is 1. The Morgan fingerprint density at radius 3 is 2.56 bits per heavy atom. The summed E-state index contributed by atoms with van der Waals surface area (Å²) in [7, 11) is 3.45. The van der Waals surface area contributed by atoms with Crippen molar-refractivity contribution < 1.29 is 9.90 Å². The lowest BCUT2D eigenvalue weighted by atomic mass is 10.1. The number of nitrogens with zero attached hydrogens (tertiary/aromatic N) is 3. The molecular weight excluding hydrogens is 208 g/mol. The largest absolute Gasteiger partial charge is 0.480 e. The maximum Gasteiger partial charge on any atom is 0.323 e. The number of rotatable bonds is 4. The average Bonchev–Trinajstić information content (AvgIpc) is 2.40. The van der Waals surface area contributed by atoms with Crippen LogP contribution in [0.2, 0.25) is 0 Å². The van der Waals surface area contributed by atoms with E-state index in [0.717, 1.165) is 5.69 Å². The second-order valence-corrected chi connectivity index (χ2v) is 4.15. The quantitative estimate of drug-likeness (QED) is 0.787. The first-order valence-electron chi connectivity index (χ1n) is 5.09. The van der Waals surface area contributed by atoms with E-state index in [-0.39, 0.29) is 12.5 Å². The van der Waals surface area contributed by atoms with E-state index in [4.69, 9.17) is 10.8 Å². The van der Waals surface area contributed by atoms with Crippen LogP contribution in [-0.4, -0.2) is 34.4 Å². The van der Waals surface area contributed by atoms with Crippen molar-refractivity contribution in [2.45, 2.75) is 19.8 Å². The summed E-state index contributed by atoms with van der Waals surface area (Å²) in [6.45, 7) is 3.90. The highest BCUT2D eigenvalue weighted by atomic mass is 16.4. The second kappa shape index (κ2) is 4.42. The van der Waals surface area contributed by atoms with Gasteiger partial charge < -0.3 is 15.7 Å². The van der Waals surface area contributed by atoms with Gasteiger partial charge in [-0.15, -0.1) is 0 Å². The van der Waals surface area contributed by atoms with Crippen LogP contribution in [0.5, 0.6) is 0 Å². The first kappa shape index (κ1) is 12.4. The maximum atomic E-state index is 10.6. The molecule has 0 atom stereocenters. The zero-order chi connectivity index (χ0) is 12.5. The summed E-state index contributed by atoms with van der Waals surface area (Å²) in [5, 5.41) is 13.0. The standard InChI is InChI=1S/C10H18N4O2/c1-6(2)9-8(11)10(14(4)12-9)13(3)5-7(15)16/h6H,5,11H2,1-4H3,(H,15,16). The van der Waals surface area contributed by atoms with E-state index >= 15 is 0 Å². The number of nitrogens with two attached hydrogens (primary N) is 1. The van der Waals surface area contributed by atoms with Crippen LogP contribution in [0.25, 0.3) is 0 Å². The number of carbonyl (C=O) groups is 1. The Labute approximate surface area is 94.6 Å². The Kier molecular flexibility index (Phi) is 3.41. The molecule has 6 nitrogen and oxygen atoms in total. The van der Waals surface area contributed by atoms with Crippen LogP contribution < -0.4 is 10.6 Å². The lowest BCUT2D eigenvalue weighted by Crippen LogP contribution is -2.27. The summed E-state index contributed by atoms with van der Waals surface area (Å²) in [4.78, 5) is 12.2. The Morgan fingerprint density at radius 1 is 1.62 bits per heavy atom. The fourth-order valence-corrected chi connectivity index (χ4v) is 1.71. The van der Waals surface area contributed by atoms with Crippen LogP contribution in [0, 0.1) is 0 Å². The van der Waals surface area contributed by atoms with Gasteiger partial charge in [-0.3, -0.25) is 9.48 Å². The number of likely N-dealkylation sites (N-methyl/N-ethyl adjacent to an activating group) is 1. The summed E-state index contributed by atoms with van der Waals surface area (Å²) in [6, 6.07) is 0. The topological polar surface area (TPSA) is 84.4 Å². The number of carboxylic acids is 1. The molecule has 0 fully saturated rings. The molecule has 6 heteroatoms. The zero-order valence-electron chi connectivity index (χ0n) is 10.1. The van der Waals surface area contributed by atoms with Crippen molar-refractivity contribution in [2.75, 3.05) is 24.2 Å². The first-order chi connectivity index (χ1) is 7.34. The third-order valence-electron chi connectivity index (χ3n) is 2.36. The van der Waals surface area contributed by atoms with Gasteiger partial charge in [0.05, 0.1) is 11.4 Å². The van der Waals surface area contributed by atoms with E-state index in [1.54, 1.807) is 23.7 Å². The minimum absolute atomic E-state index is 0.0960. The molecule has 0 amide bonds. The van der Waals surface area contributed by atoms with Gasteiger partial charge in [-0.05, 0) is 5.92 Å². The molecule has 3 N–H and O–H groups in total. The van der Waals surface area contributed by atoms with Gasteiger partial charge in [0.1, 0.15) is 6.54 Å². The monoisotopic (exact) mass is 226 g/mol. The number of aliphatic carboxylic acids is 1. The van der Waals surface area contributed by atoms with Crippen LogP contribution in [0.4, 0.5) is 11.5 Å². The molecule has 0 unspecified atom stereocenters. The van der Waals surface area contributed by atoms with Crippen molar-refractivity contribution in [3.63, 3.8) is 0 Å². The molecule has 1 aromatic rings. The molecule has 0 aromatic carbocycles. The highest BCUT2D eigenvalue weighted by Gasteiger charge is 2.19. The van der Waals surface area contributed by atoms with Gasteiger partial charge in [0, 0.05) is 14.1 Å². The Hall–Kier alpha value is -1.72. The first-order valence-corrected chi connectivity index (χ1v) is 5.09. The van der Waals surface area contributed by atoms with Crippen LogP contribution >= 0.6 is 0 Å². The van der Waals surface area contributed by atoms with E-state index in [1.807, 2.05) is 13.8 Å². The van der Waals surface area contributed by atoms with Gasteiger partial charge in [-0.1, -0.05) is 13.8 Å². The lowest BCUT2D eigenvalue weighted by molar-refractivity contribution is -0.135. The molecule has 90 valence electrons. The Bertz CT molecular complexity index is 398. The number of nitrogen functional groups attached to an aromatic ring is 1. The summed E-state index contributed by atoms with van der Waals surface area (Å²) in [6.07, 6.45) is 0. The molecule has 0 saturated carbocycles. The maximum absolute atomic E-state index is 10.6. The van der Waals surface area contributed by atoms with Crippen LogP contribution in [-0.2, 0) is 11.8 Å². The van der Waals surface area contributed by atoms with Gasteiger partial charge in [0.2, 0.25) is 0 Å². The van der Waals surface area contributed by atoms with Crippen LogP contribution in [0.3, 0.4) is 0 Å². The lowest BCUT2D eigenvalue weighted by Gasteiger charge is -2.17. The van der Waals surface area contributed by atoms with Gasteiger partial charge in [0.15, 0.2) is 5.82 Å². The van der Waals surface area contributed by atoms with Crippen LogP contribution in [0.1, 0.15) is 25.5 Å². The van der Waals surface area contributed by atoms with Crippen molar-refractivity contribution in [3.8, 4) is 0 Å². The number of anilines is 2. The van der Waals surface area contributed by atoms with Gasteiger partial charge in [0.25, 0.3) is 0 Å². The molecule has 0 spiro atoms. The fraction of sp³-hybridized carbons (Fsp3) is 0.600. The molecule has 0 radical (unpaired) electrons. The van der Waals surface area contributed by atoms with Crippen molar-refractivity contribution in [2.24, 2.45) is 7.05 Å². The Balaban J connectivity index is 3.09. The van der Waals surface area contributed by atoms with Crippen LogP contribution in [0.15, 0.2) is 0 Å². The summed E-state index contributed by atoms with van der Waals surface area (Å²) < 4.78 is 1.62. The van der Waals surface area contributed by atoms with Gasteiger partial charge in [-0.25, -0.2) is 0 Å². The number of hydrogen-bond donors (Lipinski definition) is 2. The fourth-order valence-electron chi connectivity index (χ4n) is 1.71. The highest BCUT2D eigenvalue weighted by molar-refractivity contribution is 5.76. The average molecular weight is 226 g/mol. The molecule has 1 rings (SSSR count). The minimum atomic E-state index is -0.894. The molecule has 0 aliphatic rings. The van der Waals surface area contributed by atoms with Crippen molar-refractivity contribution in [3.05, 3.63) is 5.69 Å². The Morgan fingerprint density at radius 2 is 2.19 bits per heavy atom. The molecule has 0 bridgehead atoms.